The van der Waals surface area contributed by atoms with Crippen molar-refractivity contribution in [3.05, 3.63) is 29.8 Å². The molecule has 0 spiro atoms. The number of rotatable bonds is 2. The SMILES string of the molecule is CCn1c(C2CCC(N)CC2)nc2ccc(F)cc21. The molecular weight excluding hydrogens is 241 g/mol. The first-order valence-electron chi connectivity index (χ1n) is 7.10. The third kappa shape index (κ3) is 2.25. The van der Waals surface area contributed by atoms with Crippen LogP contribution in [0.2, 0.25) is 0 Å². The normalized spacial score (nSPS) is 23.9. The Hall–Kier alpha value is -1.42. The van der Waals surface area contributed by atoms with Crippen LogP contribution >= 0.6 is 0 Å². The summed E-state index contributed by atoms with van der Waals surface area (Å²) in [5.74, 6) is 1.38. The van der Waals surface area contributed by atoms with Gasteiger partial charge < -0.3 is 10.3 Å². The van der Waals surface area contributed by atoms with E-state index in [0.717, 1.165) is 49.1 Å². The minimum absolute atomic E-state index is 0.195. The van der Waals surface area contributed by atoms with Crippen LogP contribution in [0.25, 0.3) is 11.0 Å². The van der Waals surface area contributed by atoms with Gasteiger partial charge in [0, 0.05) is 18.5 Å². The minimum Gasteiger partial charge on any atom is -0.328 e. The van der Waals surface area contributed by atoms with Crippen molar-refractivity contribution in [3.63, 3.8) is 0 Å². The average Bonchev–Trinajstić information content (AvgIpc) is 2.77. The van der Waals surface area contributed by atoms with Crippen molar-refractivity contribution in [1.29, 1.82) is 0 Å². The molecule has 0 bridgehead atoms. The quantitative estimate of drug-likeness (QED) is 0.902. The van der Waals surface area contributed by atoms with Crippen molar-refractivity contribution in [2.75, 3.05) is 0 Å². The largest absolute Gasteiger partial charge is 0.328 e. The summed E-state index contributed by atoms with van der Waals surface area (Å²) in [6.45, 7) is 2.92. The van der Waals surface area contributed by atoms with Gasteiger partial charge in [0.15, 0.2) is 0 Å². The van der Waals surface area contributed by atoms with Crippen molar-refractivity contribution in [3.8, 4) is 0 Å². The zero-order chi connectivity index (χ0) is 13.4. The molecule has 1 saturated carbocycles. The molecule has 2 aromatic rings. The number of halogens is 1. The lowest BCUT2D eigenvalue weighted by molar-refractivity contribution is 0.378. The first-order chi connectivity index (χ1) is 9.19. The average molecular weight is 261 g/mol. The van der Waals surface area contributed by atoms with E-state index in [0.29, 0.717) is 12.0 Å². The molecule has 4 heteroatoms. The highest BCUT2D eigenvalue weighted by Gasteiger charge is 2.24. The van der Waals surface area contributed by atoms with Gasteiger partial charge in [0.05, 0.1) is 11.0 Å². The minimum atomic E-state index is -0.195. The number of hydrogen-bond donors (Lipinski definition) is 1. The van der Waals surface area contributed by atoms with Gasteiger partial charge >= 0.3 is 0 Å². The Morgan fingerprint density at radius 3 is 2.74 bits per heavy atom. The van der Waals surface area contributed by atoms with E-state index in [1.807, 2.05) is 0 Å². The number of aryl methyl sites for hydroxylation is 1. The summed E-state index contributed by atoms with van der Waals surface area (Å²) in [7, 11) is 0. The molecule has 1 aliphatic carbocycles. The maximum Gasteiger partial charge on any atom is 0.125 e. The molecule has 1 aliphatic rings. The van der Waals surface area contributed by atoms with Crippen LogP contribution in [0.15, 0.2) is 18.2 Å². The molecular formula is C15H20FN3. The fourth-order valence-corrected chi connectivity index (χ4v) is 3.14. The van der Waals surface area contributed by atoms with Crippen molar-refractivity contribution in [2.45, 2.75) is 51.1 Å². The van der Waals surface area contributed by atoms with Gasteiger partial charge in [0.1, 0.15) is 11.6 Å². The second kappa shape index (κ2) is 4.93. The Kier molecular flexibility index (Phi) is 3.27. The molecule has 0 amide bonds. The van der Waals surface area contributed by atoms with Gasteiger partial charge in [0.25, 0.3) is 0 Å². The standard InChI is InChI=1S/C15H20FN3/c1-2-19-14-9-11(16)5-8-13(14)18-15(19)10-3-6-12(17)7-4-10/h5,8-10,12H,2-4,6-7,17H2,1H3. The maximum absolute atomic E-state index is 13.4. The van der Waals surface area contributed by atoms with Crippen LogP contribution in [-0.2, 0) is 6.54 Å². The maximum atomic E-state index is 13.4. The van der Waals surface area contributed by atoms with Crippen molar-refractivity contribution in [1.82, 2.24) is 9.55 Å². The van der Waals surface area contributed by atoms with E-state index in [-0.39, 0.29) is 5.82 Å². The number of imidazole rings is 1. The summed E-state index contributed by atoms with van der Waals surface area (Å²) < 4.78 is 15.6. The monoisotopic (exact) mass is 261 g/mol. The van der Waals surface area contributed by atoms with Crippen molar-refractivity contribution >= 4 is 11.0 Å². The molecule has 102 valence electrons. The van der Waals surface area contributed by atoms with Crippen LogP contribution in [0.1, 0.15) is 44.3 Å². The molecule has 2 N–H and O–H groups in total. The molecule has 1 heterocycles. The Bertz CT molecular complexity index is 582. The van der Waals surface area contributed by atoms with Crippen LogP contribution < -0.4 is 5.73 Å². The van der Waals surface area contributed by atoms with Crippen LogP contribution in [0, 0.1) is 5.82 Å². The van der Waals surface area contributed by atoms with Crippen molar-refractivity contribution < 1.29 is 4.39 Å². The molecule has 1 aromatic heterocycles. The fraction of sp³-hybridized carbons (Fsp3) is 0.533. The highest BCUT2D eigenvalue weighted by Crippen LogP contribution is 2.33. The molecule has 1 aromatic carbocycles. The molecule has 0 atom stereocenters. The highest BCUT2D eigenvalue weighted by molar-refractivity contribution is 5.76. The van der Waals surface area contributed by atoms with Crippen LogP contribution in [-0.4, -0.2) is 15.6 Å². The lowest BCUT2D eigenvalue weighted by Gasteiger charge is -2.26. The predicted molar refractivity (Wildman–Crippen MR) is 74.5 cm³/mol. The predicted octanol–water partition coefficient (Wildman–Crippen LogP) is 3.18. The summed E-state index contributed by atoms with van der Waals surface area (Å²) in [5, 5.41) is 0. The van der Waals surface area contributed by atoms with Crippen LogP contribution in [0.4, 0.5) is 4.39 Å². The first-order valence-corrected chi connectivity index (χ1v) is 7.10. The summed E-state index contributed by atoms with van der Waals surface area (Å²) in [6.07, 6.45) is 4.30. The summed E-state index contributed by atoms with van der Waals surface area (Å²) in [5.41, 5.74) is 7.77. The lowest BCUT2D eigenvalue weighted by Crippen LogP contribution is -2.26. The summed E-state index contributed by atoms with van der Waals surface area (Å²) in [4.78, 5) is 4.73. The number of hydrogen-bond acceptors (Lipinski definition) is 2. The Morgan fingerprint density at radius 2 is 2.05 bits per heavy atom. The molecule has 0 unspecified atom stereocenters. The third-order valence-electron chi connectivity index (χ3n) is 4.19. The summed E-state index contributed by atoms with van der Waals surface area (Å²) in [6, 6.07) is 5.18. The second-order valence-corrected chi connectivity index (χ2v) is 5.46. The van der Waals surface area contributed by atoms with Crippen LogP contribution in [0.5, 0.6) is 0 Å². The highest BCUT2D eigenvalue weighted by atomic mass is 19.1. The van der Waals surface area contributed by atoms with Gasteiger partial charge in [0.2, 0.25) is 0 Å². The van der Waals surface area contributed by atoms with E-state index >= 15 is 0 Å². The van der Waals surface area contributed by atoms with E-state index in [2.05, 4.69) is 11.5 Å². The van der Waals surface area contributed by atoms with Gasteiger partial charge in [-0.1, -0.05) is 0 Å². The van der Waals surface area contributed by atoms with E-state index in [4.69, 9.17) is 10.7 Å². The number of benzene rings is 1. The molecule has 3 rings (SSSR count). The van der Waals surface area contributed by atoms with Gasteiger partial charge in [-0.2, -0.15) is 0 Å². The number of fused-ring (bicyclic) bond motifs is 1. The van der Waals surface area contributed by atoms with Crippen LogP contribution in [0.3, 0.4) is 0 Å². The number of nitrogens with zero attached hydrogens (tertiary/aromatic N) is 2. The van der Waals surface area contributed by atoms with E-state index in [1.165, 1.54) is 6.07 Å². The molecule has 0 radical (unpaired) electrons. The van der Waals surface area contributed by atoms with Gasteiger partial charge in [-0.15, -0.1) is 0 Å². The topological polar surface area (TPSA) is 43.8 Å². The molecule has 1 fully saturated rings. The smallest absolute Gasteiger partial charge is 0.125 e. The van der Waals surface area contributed by atoms with Crippen molar-refractivity contribution in [2.24, 2.45) is 5.73 Å². The van der Waals surface area contributed by atoms with Gasteiger partial charge in [-0.25, -0.2) is 9.37 Å². The summed E-state index contributed by atoms with van der Waals surface area (Å²) >= 11 is 0. The lowest BCUT2D eigenvalue weighted by atomic mass is 9.86. The van der Waals surface area contributed by atoms with E-state index in [9.17, 15) is 4.39 Å². The molecule has 19 heavy (non-hydrogen) atoms. The number of nitrogens with two attached hydrogens (primary N) is 1. The molecule has 0 aliphatic heterocycles. The first kappa shape index (κ1) is 12.6. The Morgan fingerprint density at radius 1 is 1.32 bits per heavy atom. The van der Waals surface area contributed by atoms with Gasteiger partial charge in [-0.3, -0.25) is 0 Å². The zero-order valence-corrected chi connectivity index (χ0v) is 11.3. The number of aromatic nitrogens is 2. The van der Waals surface area contributed by atoms with E-state index in [1.54, 1.807) is 12.1 Å². The third-order valence-corrected chi connectivity index (χ3v) is 4.19. The Labute approximate surface area is 112 Å². The Balaban J connectivity index is 2.03. The van der Waals surface area contributed by atoms with Gasteiger partial charge in [-0.05, 0) is 50.8 Å². The molecule has 3 nitrogen and oxygen atoms in total. The second-order valence-electron chi connectivity index (χ2n) is 5.46. The molecule has 0 saturated heterocycles. The fourth-order valence-electron chi connectivity index (χ4n) is 3.14. The zero-order valence-electron chi connectivity index (χ0n) is 11.3. The van der Waals surface area contributed by atoms with E-state index < -0.39 is 0 Å².